The summed E-state index contributed by atoms with van der Waals surface area (Å²) in [4.78, 5) is 10.5. The van der Waals surface area contributed by atoms with Crippen molar-refractivity contribution in [1.29, 1.82) is 0 Å². The Hall–Kier alpha value is -2.02. The molecular weight excluding hydrogens is 270 g/mol. The second kappa shape index (κ2) is 4.93. The van der Waals surface area contributed by atoms with Crippen LogP contribution in [0, 0.1) is 24.0 Å². The van der Waals surface area contributed by atoms with Crippen LogP contribution in [-0.2, 0) is 0 Å². The van der Waals surface area contributed by atoms with E-state index in [2.05, 4.69) is 15.5 Å². The fourth-order valence-corrected chi connectivity index (χ4v) is 1.96. The Morgan fingerprint density at radius 3 is 2.63 bits per heavy atom. The molecule has 0 bridgehead atoms. The quantitative estimate of drug-likeness (QED) is 0.490. The predicted octanol–water partition coefficient (Wildman–Crippen LogP) is 2.49. The molecule has 1 atom stereocenters. The Labute approximate surface area is 114 Å². The Balaban J connectivity index is 2.61. The average Bonchev–Trinajstić information content (AvgIpc) is 2.80. The summed E-state index contributed by atoms with van der Waals surface area (Å²) < 4.78 is 1.50. The van der Waals surface area contributed by atoms with Crippen molar-refractivity contribution in [3.63, 3.8) is 0 Å². The van der Waals surface area contributed by atoms with Crippen LogP contribution in [0.25, 0.3) is 5.69 Å². The van der Waals surface area contributed by atoms with Gasteiger partial charge in [-0.05, 0) is 42.8 Å². The third-order valence-electron chi connectivity index (χ3n) is 2.79. The summed E-state index contributed by atoms with van der Waals surface area (Å²) in [5, 5.41) is 21.9. The van der Waals surface area contributed by atoms with Gasteiger partial charge in [-0.2, -0.15) is 4.68 Å². The van der Waals surface area contributed by atoms with Crippen molar-refractivity contribution in [3.05, 3.63) is 39.2 Å². The molecule has 0 saturated carbocycles. The summed E-state index contributed by atoms with van der Waals surface area (Å²) in [5.74, 6) is 0.498. The summed E-state index contributed by atoms with van der Waals surface area (Å²) in [6.45, 7) is 5.21. The van der Waals surface area contributed by atoms with Crippen molar-refractivity contribution in [2.45, 2.75) is 26.1 Å². The zero-order valence-electron chi connectivity index (χ0n) is 10.7. The number of aromatic nitrogens is 4. The van der Waals surface area contributed by atoms with Crippen LogP contribution in [-0.4, -0.2) is 25.1 Å². The fraction of sp³-hybridized carbons (Fsp3) is 0.364. The molecule has 0 radical (unpaired) electrons. The first-order valence-electron chi connectivity index (χ1n) is 5.60. The maximum absolute atomic E-state index is 10.9. The lowest BCUT2D eigenvalue weighted by Crippen LogP contribution is -2.07. The second-order valence-electron chi connectivity index (χ2n) is 4.25. The summed E-state index contributed by atoms with van der Waals surface area (Å²) in [7, 11) is 0. The number of nitrogens with zero attached hydrogens (tertiary/aromatic N) is 5. The van der Waals surface area contributed by atoms with E-state index in [1.807, 2.05) is 0 Å². The van der Waals surface area contributed by atoms with Crippen molar-refractivity contribution >= 4 is 17.3 Å². The lowest BCUT2D eigenvalue weighted by Gasteiger charge is -2.10. The monoisotopic (exact) mass is 281 g/mol. The van der Waals surface area contributed by atoms with Gasteiger partial charge in [-0.25, -0.2) is 0 Å². The van der Waals surface area contributed by atoms with Crippen LogP contribution in [0.4, 0.5) is 5.69 Å². The van der Waals surface area contributed by atoms with E-state index in [4.69, 9.17) is 11.6 Å². The van der Waals surface area contributed by atoms with Crippen LogP contribution in [0.15, 0.2) is 12.1 Å². The van der Waals surface area contributed by atoms with Crippen molar-refractivity contribution in [2.75, 3.05) is 0 Å². The van der Waals surface area contributed by atoms with E-state index in [1.54, 1.807) is 26.8 Å². The maximum atomic E-state index is 10.9. The summed E-state index contributed by atoms with van der Waals surface area (Å²) in [6.07, 6.45) is 0. The highest BCUT2D eigenvalue weighted by Gasteiger charge is 2.19. The number of alkyl halides is 1. The molecule has 1 unspecified atom stereocenters. The number of aryl methyl sites for hydroxylation is 2. The lowest BCUT2D eigenvalue weighted by atomic mass is 10.1. The van der Waals surface area contributed by atoms with Crippen LogP contribution < -0.4 is 0 Å². The zero-order valence-corrected chi connectivity index (χ0v) is 11.4. The molecule has 19 heavy (non-hydrogen) atoms. The third kappa shape index (κ3) is 2.41. The van der Waals surface area contributed by atoms with Crippen molar-refractivity contribution < 1.29 is 4.92 Å². The van der Waals surface area contributed by atoms with Gasteiger partial charge in [-0.15, -0.1) is 16.7 Å². The minimum atomic E-state index is -0.406. The van der Waals surface area contributed by atoms with Gasteiger partial charge in [0, 0.05) is 11.6 Å². The Morgan fingerprint density at radius 1 is 1.37 bits per heavy atom. The highest BCUT2D eigenvalue weighted by atomic mass is 35.5. The van der Waals surface area contributed by atoms with E-state index >= 15 is 0 Å². The number of tetrazole rings is 1. The summed E-state index contributed by atoms with van der Waals surface area (Å²) in [5.41, 5.74) is 2.03. The number of nitro benzene ring substituents is 1. The molecule has 8 heteroatoms. The molecule has 2 aromatic rings. The number of hydrogen-bond acceptors (Lipinski definition) is 5. The van der Waals surface area contributed by atoms with Gasteiger partial charge in [0.1, 0.15) is 0 Å². The largest absolute Gasteiger partial charge is 0.272 e. The molecule has 2 rings (SSSR count). The molecule has 100 valence electrons. The van der Waals surface area contributed by atoms with E-state index in [1.165, 1.54) is 10.7 Å². The Morgan fingerprint density at radius 2 is 2.05 bits per heavy atom. The first-order valence-corrected chi connectivity index (χ1v) is 6.03. The summed E-state index contributed by atoms with van der Waals surface area (Å²) in [6, 6.07) is 3.20. The summed E-state index contributed by atoms with van der Waals surface area (Å²) >= 11 is 6.00. The molecule has 0 N–H and O–H groups in total. The number of halogens is 1. The van der Waals surface area contributed by atoms with Gasteiger partial charge >= 0.3 is 0 Å². The number of nitro groups is 1. The highest BCUT2D eigenvalue weighted by Crippen LogP contribution is 2.27. The van der Waals surface area contributed by atoms with Crippen LogP contribution >= 0.6 is 11.6 Å². The number of benzene rings is 1. The number of rotatable bonds is 3. The molecular formula is C11H12ClN5O2. The number of hydrogen-bond donors (Lipinski definition) is 0. The molecule has 1 heterocycles. The molecule has 1 aromatic carbocycles. The van der Waals surface area contributed by atoms with Gasteiger partial charge in [0.15, 0.2) is 5.82 Å². The van der Waals surface area contributed by atoms with E-state index < -0.39 is 4.92 Å². The van der Waals surface area contributed by atoms with E-state index in [9.17, 15) is 10.1 Å². The average molecular weight is 282 g/mol. The second-order valence-corrected chi connectivity index (χ2v) is 4.90. The molecule has 0 fully saturated rings. The molecule has 0 saturated heterocycles. The standard InChI is InChI=1S/C11H12ClN5O2/c1-6-5-10(17(18)19)7(2)4-9(6)16-11(8(3)12)13-14-15-16/h4-5,8H,1-3H3. The normalized spacial score (nSPS) is 12.4. The molecule has 0 aliphatic heterocycles. The Kier molecular flexibility index (Phi) is 3.48. The van der Waals surface area contributed by atoms with Crippen molar-refractivity contribution in [2.24, 2.45) is 0 Å². The van der Waals surface area contributed by atoms with Gasteiger partial charge in [0.05, 0.1) is 16.0 Å². The van der Waals surface area contributed by atoms with E-state index in [0.29, 0.717) is 22.6 Å². The molecule has 7 nitrogen and oxygen atoms in total. The van der Waals surface area contributed by atoms with Gasteiger partial charge in [0.2, 0.25) is 0 Å². The molecule has 1 aromatic heterocycles. The minimum Gasteiger partial charge on any atom is -0.258 e. The third-order valence-corrected chi connectivity index (χ3v) is 2.98. The lowest BCUT2D eigenvalue weighted by molar-refractivity contribution is -0.385. The van der Waals surface area contributed by atoms with Crippen molar-refractivity contribution in [1.82, 2.24) is 20.2 Å². The predicted molar refractivity (Wildman–Crippen MR) is 69.6 cm³/mol. The topological polar surface area (TPSA) is 86.7 Å². The molecule has 0 spiro atoms. The first-order chi connectivity index (χ1) is 8.91. The van der Waals surface area contributed by atoms with Crippen LogP contribution in [0.2, 0.25) is 0 Å². The van der Waals surface area contributed by atoms with Crippen LogP contribution in [0.1, 0.15) is 29.3 Å². The van der Waals surface area contributed by atoms with E-state index in [-0.39, 0.29) is 11.1 Å². The van der Waals surface area contributed by atoms with Gasteiger partial charge in [0.25, 0.3) is 5.69 Å². The fourth-order valence-electron chi connectivity index (χ4n) is 1.82. The molecule has 0 aliphatic carbocycles. The minimum absolute atomic E-state index is 0.0785. The molecule has 0 amide bonds. The molecule has 0 aliphatic rings. The van der Waals surface area contributed by atoms with Gasteiger partial charge < -0.3 is 0 Å². The van der Waals surface area contributed by atoms with Crippen LogP contribution in [0.3, 0.4) is 0 Å². The SMILES string of the molecule is Cc1cc([N+](=O)[O-])c(C)cc1-n1nnnc1C(C)Cl. The Bertz CT molecular complexity index is 638. The maximum Gasteiger partial charge on any atom is 0.272 e. The van der Waals surface area contributed by atoms with Gasteiger partial charge in [-0.3, -0.25) is 10.1 Å². The van der Waals surface area contributed by atoms with Crippen LogP contribution in [0.5, 0.6) is 0 Å². The highest BCUT2D eigenvalue weighted by molar-refractivity contribution is 6.20. The van der Waals surface area contributed by atoms with E-state index in [0.717, 1.165) is 0 Å². The van der Waals surface area contributed by atoms with Crippen molar-refractivity contribution in [3.8, 4) is 5.69 Å². The smallest absolute Gasteiger partial charge is 0.258 e. The first kappa shape index (κ1) is 13.4. The van der Waals surface area contributed by atoms with Gasteiger partial charge in [-0.1, -0.05) is 0 Å². The zero-order chi connectivity index (χ0) is 14.2.